The largest absolute Gasteiger partial charge is 0.497 e. The van der Waals surface area contributed by atoms with E-state index in [1.54, 1.807) is 13.4 Å². The lowest BCUT2D eigenvalue weighted by atomic mass is 10.1. The standard InChI is InChI=1S/C16H21N3O/c1-3-5-14-11-16(19-12-18-14)17-9-8-13-6-4-7-15(10-13)20-2/h4,6-7,10-12H,3,5,8-9H2,1-2H3,(H,17,18,19). The normalized spacial score (nSPS) is 10.3. The summed E-state index contributed by atoms with van der Waals surface area (Å²) in [5.41, 5.74) is 2.34. The molecular formula is C16H21N3O. The van der Waals surface area contributed by atoms with Gasteiger partial charge in [-0.15, -0.1) is 0 Å². The highest BCUT2D eigenvalue weighted by atomic mass is 16.5. The first-order chi connectivity index (χ1) is 9.81. The van der Waals surface area contributed by atoms with Gasteiger partial charge in [-0.3, -0.25) is 0 Å². The van der Waals surface area contributed by atoms with Crippen molar-refractivity contribution in [2.75, 3.05) is 19.0 Å². The minimum atomic E-state index is 0.843. The maximum Gasteiger partial charge on any atom is 0.129 e. The van der Waals surface area contributed by atoms with Crippen LogP contribution in [-0.4, -0.2) is 23.6 Å². The second kappa shape index (κ2) is 7.48. The topological polar surface area (TPSA) is 47.0 Å². The van der Waals surface area contributed by atoms with Crippen LogP contribution in [0.5, 0.6) is 5.75 Å². The highest BCUT2D eigenvalue weighted by Crippen LogP contribution is 2.13. The summed E-state index contributed by atoms with van der Waals surface area (Å²) in [6.45, 7) is 2.99. The van der Waals surface area contributed by atoms with Crippen molar-refractivity contribution in [3.63, 3.8) is 0 Å². The summed E-state index contributed by atoms with van der Waals surface area (Å²) in [5, 5.41) is 3.34. The molecule has 0 aliphatic heterocycles. The number of anilines is 1. The smallest absolute Gasteiger partial charge is 0.129 e. The van der Waals surface area contributed by atoms with Gasteiger partial charge in [-0.25, -0.2) is 9.97 Å². The lowest BCUT2D eigenvalue weighted by Crippen LogP contribution is -2.07. The molecule has 0 fully saturated rings. The zero-order valence-corrected chi connectivity index (χ0v) is 12.1. The highest BCUT2D eigenvalue weighted by Gasteiger charge is 1.99. The molecule has 0 saturated heterocycles. The lowest BCUT2D eigenvalue weighted by Gasteiger charge is -2.07. The van der Waals surface area contributed by atoms with Crippen LogP contribution in [0.15, 0.2) is 36.7 Å². The Kier molecular flexibility index (Phi) is 5.35. The van der Waals surface area contributed by atoms with Crippen molar-refractivity contribution in [1.82, 2.24) is 9.97 Å². The van der Waals surface area contributed by atoms with Gasteiger partial charge in [0.1, 0.15) is 17.9 Å². The van der Waals surface area contributed by atoms with Gasteiger partial charge in [0.15, 0.2) is 0 Å². The van der Waals surface area contributed by atoms with E-state index in [2.05, 4.69) is 34.3 Å². The van der Waals surface area contributed by atoms with Crippen molar-refractivity contribution in [2.45, 2.75) is 26.2 Å². The summed E-state index contributed by atoms with van der Waals surface area (Å²) in [5.74, 6) is 1.79. The molecule has 0 aliphatic rings. The number of nitrogens with zero attached hydrogens (tertiary/aromatic N) is 2. The number of ether oxygens (including phenoxy) is 1. The van der Waals surface area contributed by atoms with Crippen molar-refractivity contribution in [2.24, 2.45) is 0 Å². The summed E-state index contributed by atoms with van der Waals surface area (Å²) >= 11 is 0. The zero-order valence-electron chi connectivity index (χ0n) is 12.1. The molecule has 1 heterocycles. The molecule has 1 aromatic heterocycles. The van der Waals surface area contributed by atoms with E-state index in [0.717, 1.165) is 43.1 Å². The van der Waals surface area contributed by atoms with Crippen molar-refractivity contribution in [1.29, 1.82) is 0 Å². The minimum Gasteiger partial charge on any atom is -0.497 e. The first-order valence-electron chi connectivity index (χ1n) is 6.99. The minimum absolute atomic E-state index is 0.843. The molecule has 20 heavy (non-hydrogen) atoms. The summed E-state index contributed by atoms with van der Waals surface area (Å²) in [7, 11) is 1.69. The highest BCUT2D eigenvalue weighted by molar-refractivity contribution is 5.35. The summed E-state index contributed by atoms with van der Waals surface area (Å²) in [6.07, 6.45) is 4.65. The van der Waals surface area contributed by atoms with Crippen LogP contribution >= 0.6 is 0 Å². The Hall–Kier alpha value is -2.10. The fourth-order valence-corrected chi connectivity index (χ4v) is 2.05. The van der Waals surface area contributed by atoms with Crippen molar-refractivity contribution in [3.05, 3.63) is 47.9 Å². The number of hydrogen-bond acceptors (Lipinski definition) is 4. The van der Waals surface area contributed by atoms with Gasteiger partial charge in [0.2, 0.25) is 0 Å². The van der Waals surface area contributed by atoms with Crippen LogP contribution < -0.4 is 10.1 Å². The Balaban J connectivity index is 1.87. The van der Waals surface area contributed by atoms with E-state index in [0.29, 0.717) is 0 Å². The molecule has 2 rings (SSSR count). The fraction of sp³-hybridized carbons (Fsp3) is 0.375. The van der Waals surface area contributed by atoms with E-state index in [1.165, 1.54) is 5.56 Å². The Labute approximate surface area is 120 Å². The van der Waals surface area contributed by atoms with Crippen LogP contribution in [0.3, 0.4) is 0 Å². The average Bonchev–Trinajstić information content (AvgIpc) is 2.48. The van der Waals surface area contributed by atoms with Gasteiger partial charge in [0, 0.05) is 18.3 Å². The van der Waals surface area contributed by atoms with E-state index in [1.807, 2.05) is 18.2 Å². The molecule has 4 heteroatoms. The molecule has 2 aromatic rings. The third-order valence-corrected chi connectivity index (χ3v) is 3.08. The number of nitrogens with one attached hydrogen (secondary N) is 1. The molecule has 0 amide bonds. The van der Waals surface area contributed by atoms with Gasteiger partial charge in [0.25, 0.3) is 0 Å². The van der Waals surface area contributed by atoms with Crippen molar-refractivity contribution in [3.8, 4) is 5.75 Å². The van der Waals surface area contributed by atoms with Crippen LogP contribution in [-0.2, 0) is 12.8 Å². The summed E-state index contributed by atoms with van der Waals surface area (Å²) in [6, 6.07) is 10.2. The lowest BCUT2D eigenvalue weighted by molar-refractivity contribution is 0.414. The molecule has 4 nitrogen and oxygen atoms in total. The third-order valence-electron chi connectivity index (χ3n) is 3.08. The van der Waals surface area contributed by atoms with Gasteiger partial charge in [-0.05, 0) is 30.5 Å². The van der Waals surface area contributed by atoms with E-state index >= 15 is 0 Å². The number of hydrogen-bond donors (Lipinski definition) is 1. The van der Waals surface area contributed by atoms with E-state index in [9.17, 15) is 0 Å². The molecule has 1 aromatic carbocycles. The van der Waals surface area contributed by atoms with E-state index < -0.39 is 0 Å². The van der Waals surface area contributed by atoms with E-state index in [4.69, 9.17) is 4.74 Å². The number of aryl methyl sites for hydroxylation is 1. The van der Waals surface area contributed by atoms with Crippen LogP contribution in [0, 0.1) is 0 Å². The molecule has 106 valence electrons. The number of rotatable bonds is 7. The molecule has 0 radical (unpaired) electrons. The second-order valence-corrected chi connectivity index (χ2v) is 4.67. The van der Waals surface area contributed by atoms with E-state index in [-0.39, 0.29) is 0 Å². The second-order valence-electron chi connectivity index (χ2n) is 4.67. The van der Waals surface area contributed by atoms with Crippen LogP contribution in [0.4, 0.5) is 5.82 Å². The predicted octanol–water partition coefficient (Wildman–Crippen LogP) is 3.09. The maximum atomic E-state index is 5.22. The first-order valence-corrected chi connectivity index (χ1v) is 6.99. The Morgan fingerprint density at radius 3 is 2.85 bits per heavy atom. The molecule has 0 aliphatic carbocycles. The number of benzene rings is 1. The number of aromatic nitrogens is 2. The van der Waals surface area contributed by atoms with Gasteiger partial charge < -0.3 is 10.1 Å². The fourth-order valence-electron chi connectivity index (χ4n) is 2.05. The zero-order chi connectivity index (χ0) is 14.2. The molecule has 0 unspecified atom stereocenters. The quantitative estimate of drug-likeness (QED) is 0.840. The molecule has 0 saturated carbocycles. The maximum absolute atomic E-state index is 5.22. The van der Waals surface area contributed by atoms with Gasteiger partial charge in [-0.1, -0.05) is 25.5 Å². The predicted molar refractivity (Wildman–Crippen MR) is 81.2 cm³/mol. The van der Waals surface area contributed by atoms with Crippen molar-refractivity contribution >= 4 is 5.82 Å². The number of methoxy groups -OCH3 is 1. The first kappa shape index (κ1) is 14.3. The third kappa shape index (κ3) is 4.23. The van der Waals surface area contributed by atoms with Crippen LogP contribution in [0.25, 0.3) is 0 Å². The van der Waals surface area contributed by atoms with Gasteiger partial charge in [-0.2, -0.15) is 0 Å². The average molecular weight is 271 g/mol. The molecule has 0 bridgehead atoms. The molecule has 0 spiro atoms. The van der Waals surface area contributed by atoms with Gasteiger partial charge >= 0.3 is 0 Å². The van der Waals surface area contributed by atoms with Crippen molar-refractivity contribution < 1.29 is 4.74 Å². The molecule has 0 atom stereocenters. The Morgan fingerprint density at radius 1 is 1.15 bits per heavy atom. The molecule has 1 N–H and O–H groups in total. The Bertz CT molecular complexity index is 543. The SMILES string of the molecule is CCCc1cc(NCCc2cccc(OC)c2)ncn1. The van der Waals surface area contributed by atoms with Gasteiger partial charge in [0.05, 0.1) is 7.11 Å². The summed E-state index contributed by atoms with van der Waals surface area (Å²) in [4.78, 5) is 8.49. The molecular weight excluding hydrogens is 250 g/mol. The monoisotopic (exact) mass is 271 g/mol. The Morgan fingerprint density at radius 2 is 2.05 bits per heavy atom. The van der Waals surface area contributed by atoms with Crippen LogP contribution in [0.2, 0.25) is 0 Å². The summed E-state index contributed by atoms with van der Waals surface area (Å²) < 4.78 is 5.22. The van der Waals surface area contributed by atoms with Crippen LogP contribution in [0.1, 0.15) is 24.6 Å².